The molecule has 0 aromatic heterocycles. The molecule has 4 rings (SSSR count). The van der Waals surface area contributed by atoms with E-state index < -0.39 is 57.4 Å². The van der Waals surface area contributed by atoms with Gasteiger partial charge in [-0.05, 0) is 30.4 Å². The maximum atomic E-state index is 13.7. The smallest absolute Gasteiger partial charge is 0.255 e. The van der Waals surface area contributed by atoms with E-state index in [0.29, 0.717) is 16.8 Å². The average molecular weight is 543 g/mol. The Morgan fingerprint density at radius 2 is 1.79 bits per heavy atom. The largest absolute Gasteiger partial charge is 0.508 e. The van der Waals surface area contributed by atoms with E-state index in [-0.39, 0.29) is 48.6 Å². The Morgan fingerprint density at radius 3 is 2.36 bits per heavy atom. The number of aliphatic hydroxyl groups is 3. The number of aliphatic hydroxyl groups excluding tert-OH is 2. The predicted octanol–water partition coefficient (Wildman–Crippen LogP) is 0.657. The monoisotopic (exact) mass is 542 g/mol. The van der Waals surface area contributed by atoms with E-state index in [2.05, 4.69) is 10.9 Å². The highest BCUT2D eigenvalue weighted by Gasteiger charge is 2.60. The third-order valence-corrected chi connectivity index (χ3v) is 7.76. The van der Waals surface area contributed by atoms with Crippen LogP contribution in [0.5, 0.6) is 5.75 Å². The number of phenolic OH excluding ortho intramolecular Hbond substituents is 1. The Morgan fingerprint density at radius 1 is 1.15 bits per heavy atom. The van der Waals surface area contributed by atoms with Gasteiger partial charge in [0, 0.05) is 55.2 Å². The molecule has 210 valence electrons. The lowest BCUT2D eigenvalue weighted by molar-refractivity contribution is -0.147. The van der Waals surface area contributed by atoms with Gasteiger partial charge in [-0.3, -0.25) is 24.6 Å². The number of carbonyl (C=O) groups excluding carboxylic acids is 4. The lowest BCUT2D eigenvalue weighted by Gasteiger charge is -2.46. The normalized spacial score (nSPS) is 24.7. The lowest BCUT2D eigenvalue weighted by Crippen LogP contribution is -2.58. The van der Waals surface area contributed by atoms with Crippen LogP contribution in [-0.4, -0.2) is 63.5 Å². The first-order valence-corrected chi connectivity index (χ1v) is 12.6. The number of nitrogens with one attached hydrogen (secondary N) is 2. The van der Waals surface area contributed by atoms with Gasteiger partial charge in [0.1, 0.15) is 22.8 Å². The zero-order valence-corrected chi connectivity index (χ0v) is 22.5. The van der Waals surface area contributed by atoms with Crippen LogP contribution < -0.4 is 21.5 Å². The number of fused-ring (bicyclic) bond motifs is 3. The maximum absolute atomic E-state index is 13.7. The van der Waals surface area contributed by atoms with Crippen molar-refractivity contribution in [3.8, 4) is 5.75 Å². The number of aromatic hydroxyl groups is 1. The molecule has 0 bridgehead atoms. The minimum absolute atomic E-state index is 0.00715. The summed E-state index contributed by atoms with van der Waals surface area (Å²) in [4.78, 5) is 52.0. The molecule has 2 amide bonds. The van der Waals surface area contributed by atoms with Gasteiger partial charge >= 0.3 is 0 Å². The number of amides is 2. The van der Waals surface area contributed by atoms with E-state index in [1.807, 2.05) is 0 Å². The van der Waals surface area contributed by atoms with Crippen LogP contribution in [0.3, 0.4) is 0 Å². The van der Waals surface area contributed by atoms with Gasteiger partial charge in [0.05, 0.1) is 5.56 Å². The summed E-state index contributed by atoms with van der Waals surface area (Å²) in [5, 5.41) is 44.7. The number of rotatable bonds is 5. The number of benzene rings is 1. The van der Waals surface area contributed by atoms with Crippen molar-refractivity contribution in [2.24, 2.45) is 23.0 Å². The fourth-order valence-electron chi connectivity index (χ4n) is 5.66. The number of ketones is 2. The molecule has 0 radical (unpaired) electrons. The third kappa shape index (κ3) is 4.33. The van der Waals surface area contributed by atoms with Gasteiger partial charge in [0.15, 0.2) is 11.4 Å². The molecule has 1 aromatic carbocycles. The number of anilines is 1. The molecule has 0 aliphatic heterocycles. The zero-order chi connectivity index (χ0) is 29.2. The molecule has 1 saturated carbocycles. The molecule has 12 heteroatoms. The predicted molar refractivity (Wildman–Crippen MR) is 140 cm³/mol. The molecule has 1 aromatic rings. The molecular formula is C27H34N4O8. The average Bonchev–Trinajstić information content (AvgIpc) is 2.81. The maximum Gasteiger partial charge on any atom is 0.255 e. The second-order valence-corrected chi connectivity index (χ2v) is 11.6. The summed E-state index contributed by atoms with van der Waals surface area (Å²) in [5.41, 5.74) is 7.78. The first-order valence-electron chi connectivity index (χ1n) is 12.6. The Bertz CT molecular complexity index is 1370. The highest BCUT2D eigenvalue weighted by molar-refractivity contribution is 6.22. The highest BCUT2D eigenvalue weighted by atomic mass is 16.3. The van der Waals surface area contributed by atoms with E-state index in [1.54, 1.807) is 45.8 Å². The van der Waals surface area contributed by atoms with Crippen molar-refractivity contribution < 1.29 is 39.6 Å². The first kappa shape index (κ1) is 28.1. The van der Waals surface area contributed by atoms with Crippen molar-refractivity contribution in [2.75, 3.05) is 19.0 Å². The Balaban J connectivity index is 1.82. The molecule has 0 heterocycles. The molecule has 3 aliphatic carbocycles. The van der Waals surface area contributed by atoms with Crippen molar-refractivity contribution in [3.63, 3.8) is 0 Å². The Hall–Kier alpha value is -3.90. The summed E-state index contributed by atoms with van der Waals surface area (Å²) in [5.74, 6) is -7.02. The SMILES string of the molecule is CN(C)c1cc(CNNC(=O)C(C)(C)C)c(O)c2c1CC1C[C@H]3CC(=O)C(C(N)=O)=C(O)[C@@]3(O)C(=O)C1=C2O. The van der Waals surface area contributed by atoms with Crippen LogP contribution in [0, 0.1) is 17.3 Å². The molecule has 1 fully saturated rings. The van der Waals surface area contributed by atoms with E-state index in [0.717, 1.165) is 0 Å². The lowest BCUT2D eigenvalue weighted by atomic mass is 9.59. The molecule has 39 heavy (non-hydrogen) atoms. The van der Waals surface area contributed by atoms with Gasteiger partial charge in [-0.25, -0.2) is 5.43 Å². The first-order chi connectivity index (χ1) is 18.0. The Labute approximate surface area is 225 Å². The quantitative estimate of drug-likeness (QED) is 0.205. The molecule has 12 nitrogen and oxygen atoms in total. The number of hydrazine groups is 1. The second kappa shape index (κ2) is 9.38. The molecule has 0 saturated heterocycles. The summed E-state index contributed by atoms with van der Waals surface area (Å²) >= 11 is 0. The van der Waals surface area contributed by atoms with Gasteiger partial charge in [-0.2, -0.15) is 0 Å². The Kier molecular flexibility index (Phi) is 6.76. The second-order valence-electron chi connectivity index (χ2n) is 11.6. The van der Waals surface area contributed by atoms with Crippen LogP contribution in [-0.2, 0) is 32.1 Å². The number of phenols is 1. The molecule has 1 unspecified atom stereocenters. The number of primary amides is 1. The minimum atomic E-state index is -2.62. The van der Waals surface area contributed by atoms with E-state index >= 15 is 0 Å². The number of carbonyl (C=O) groups is 4. The van der Waals surface area contributed by atoms with Crippen molar-refractivity contribution in [1.29, 1.82) is 0 Å². The fourth-order valence-corrected chi connectivity index (χ4v) is 5.66. The summed E-state index contributed by atoms with van der Waals surface area (Å²) in [6, 6.07) is 1.71. The topological polar surface area (TPSA) is 203 Å². The van der Waals surface area contributed by atoms with E-state index in [1.165, 1.54) is 0 Å². The third-order valence-electron chi connectivity index (χ3n) is 7.76. The fraction of sp³-hybridized carbons (Fsp3) is 0.481. The van der Waals surface area contributed by atoms with E-state index in [4.69, 9.17) is 5.73 Å². The summed E-state index contributed by atoms with van der Waals surface area (Å²) < 4.78 is 0. The minimum Gasteiger partial charge on any atom is -0.508 e. The van der Waals surface area contributed by atoms with Crippen LogP contribution in [0.4, 0.5) is 5.69 Å². The zero-order valence-electron chi connectivity index (χ0n) is 22.5. The number of nitrogens with zero attached hydrogens (tertiary/aromatic N) is 1. The molecule has 8 N–H and O–H groups in total. The van der Waals surface area contributed by atoms with Gasteiger partial charge in [0.2, 0.25) is 11.7 Å². The van der Waals surface area contributed by atoms with Crippen LogP contribution in [0.2, 0.25) is 0 Å². The standard InChI is InChI=1S/C27H34N4O8/c1-26(2,3)25(38)30-29-10-12-8-15(31(4)5)14-7-11-6-13-9-16(32)19(24(28)37)23(36)27(13,39)22(35)17(11)21(34)18(14)20(12)33/h8,11,13,29,33-34,36,39H,6-7,9-10H2,1-5H3,(H2,28,37)(H,30,38)/t11?,13-,27-/m0/s1. The van der Waals surface area contributed by atoms with Gasteiger partial charge in [-0.1, -0.05) is 20.8 Å². The molecule has 3 aliphatic rings. The van der Waals surface area contributed by atoms with Gasteiger partial charge in [0.25, 0.3) is 5.91 Å². The van der Waals surface area contributed by atoms with E-state index in [9.17, 15) is 39.6 Å². The molecule has 3 atom stereocenters. The van der Waals surface area contributed by atoms with Crippen molar-refractivity contribution in [3.05, 3.63) is 39.7 Å². The van der Waals surface area contributed by atoms with Gasteiger partial charge < -0.3 is 31.1 Å². The summed E-state index contributed by atoms with van der Waals surface area (Å²) in [6.07, 6.45) is -0.124. The van der Waals surface area contributed by atoms with Crippen molar-refractivity contribution in [2.45, 2.75) is 52.2 Å². The van der Waals surface area contributed by atoms with Gasteiger partial charge in [-0.15, -0.1) is 0 Å². The molecular weight excluding hydrogens is 508 g/mol. The highest BCUT2D eigenvalue weighted by Crippen LogP contribution is 2.53. The summed E-state index contributed by atoms with van der Waals surface area (Å²) in [7, 11) is 3.56. The summed E-state index contributed by atoms with van der Waals surface area (Å²) in [6.45, 7) is 5.21. The number of Topliss-reactive ketones (excluding diaryl/α,β-unsaturated/α-hetero) is 2. The van der Waals surface area contributed by atoms with Crippen LogP contribution >= 0.6 is 0 Å². The van der Waals surface area contributed by atoms with Crippen molar-refractivity contribution >= 4 is 34.8 Å². The number of nitrogens with two attached hydrogens (primary N) is 1. The van der Waals surface area contributed by atoms with Crippen LogP contribution in [0.1, 0.15) is 50.3 Å². The van der Waals surface area contributed by atoms with Crippen LogP contribution in [0.25, 0.3) is 5.76 Å². The van der Waals surface area contributed by atoms with Crippen molar-refractivity contribution in [1.82, 2.24) is 10.9 Å². The van der Waals surface area contributed by atoms with Crippen LogP contribution in [0.15, 0.2) is 23.0 Å². The molecule has 0 spiro atoms. The number of hydrogen-bond donors (Lipinski definition) is 7. The number of hydrogen-bond acceptors (Lipinski definition) is 10.